The van der Waals surface area contributed by atoms with E-state index in [1.165, 1.54) is 0 Å². The molecule has 1 heterocycles. The van der Waals surface area contributed by atoms with E-state index in [2.05, 4.69) is 10.2 Å². The Bertz CT molecular complexity index is 223. The Morgan fingerprint density at radius 1 is 1.33 bits per heavy atom. The molecule has 5 heteroatoms. The molecule has 2 amide bonds. The molecule has 1 fully saturated rings. The lowest BCUT2D eigenvalue weighted by molar-refractivity contribution is -0.124. The number of hydrogen-bond acceptors (Lipinski definition) is 3. The van der Waals surface area contributed by atoms with Gasteiger partial charge in [0.05, 0.1) is 6.54 Å². The van der Waals surface area contributed by atoms with Crippen LogP contribution in [0.3, 0.4) is 0 Å². The van der Waals surface area contributed by atoms with E-state index in [1.807, 2.05) is 13.8 Å². The highest BCUT2D eigenvalue weighted by Gasteiger charge is 2.17. The average molecular weight is 213 g/mol. The number of piperazine rings is 1. The maximum Gasteiger partial charge on any atom is 0.234 e. The largest absolute Gasteiger partial charge is 0.353 e. The highest BCUT2D eigenvalue weighted by molar-refractivity contribution is 5.78. The van der Waals surface area contributed by atoms with E-state index in [1.54, 1.807) is 4.90 Å². The van der Waals surface area contributed by atoms with Crippen molar-refractivity contribution in [1.29, 1.82) is 0 Å². The minimum absolute atomic E-state index is 0.0598. The van der Waals surface area contributed by atoms with Crippen LogP contribution < -0.4 is 5.32 Å². The van der Waals surface area contributed by atoms with Gasteiger partial charge in [-0.15, -0.1) is 0 Å². The van der Waals surface area contributed by atoms with Crippen molar-refractivity contribution < 1.29 is 9.59 Å². The SMILES string of the molecule is CC(C)NC(=O)CN1CCN(C=O)CC1. The van der Waals surface area contributed by atoms with Gasteiger partial charge in [0.15, 0.2) is 0 Å². The number of nitrogens with one attached hydrogen (secondary N) is 1. The van der Waals surface area contributed by atoms with E-state index in [0.717, 1.165) is 32.6 Å². The van der Waals surface area contributed by atoms with Crippen LogP contribution in [0, 0.1) is 0 Å². The summed E-state index contributed by atoms with van der Waals surface area (Å²) in [7, 11) is 0. The molecule has 0 aliphatic carbocycles. The molecule has 0 radical (unpaired) electrons. The summed E-state index contributed by atoms with van der Waals surface area (Å²) in [5.74, 6) is 0.0598. The molecule has 0 spiro atoms. The molecule has 1 aliphatic rings. The smallest absolute Gasteiger partial charge is 0.234 e. The van der Waals surface area contributed by atoms with Gasteiger partial charge in [-0.1, -0.05) is 0 Å². The molecule has 0 aromatic heterocycles. The first kappa shape index (κ1) is 12.0. The van der Waals surface area contributed by atoms with Gasteiger partial charge in [-0.25, -0.2) is 0 Å². The molecule has 0 unspecified atom stereocenters. The molecule has 15 heavy (non-hydrogen) atoms. The third-order valence-corrected chi connectivity index (χ3v) is 2.37. The molecule has 0 aromatic carbocycles. The van der Waals surface area contributed by atoms with Gasteiger partial charge >= 0.3 is 0 Å². The summed E-state index contributed by atoms with van der Waals surface area (Å²) in [6, 6.07) is 0.189. The molecule has 0 atom stereocenters. The number of nitrogens with zero attached hydrogens (tertiary/aromatic N) is 2. The Labute approximate surface area is 90.4 Å². The van der Waals surface area contributed by atoms with Gasteiger partial charge in [0.2, 0.25) is 12.3 Å². The highest BCUT2D eigenvalue weighted by atomic mass is 16.2. The predicted molar refractivity (Wildman–Crippen MR) is 57.4 cm³/mol. The third-order valence-electron chi connectivity index (χ3n) is 2.37. The van der Waals surface area contributed by atoms with Gasteiger partial charge in [0.25, 0.3) is 0 Å². The second kappa shape index (κ2) is 5.70. The fraction of sp³-hybridized carbons (Fsp3) is 0.800. The van der Waals surface area contributed by atoms with E-state index in [0.29, 0.717) is 6.54 Å². The van der Waals surface area contributed by atoms with E-state index in [-0.39, 0.29) is 11.9 Å². The molecule has 0 bridgehead atoms. The Kier molecular flexibility index (Phi) is 4.55. The van der Waals surface area contributed by atoms with Crippen molar-refractivity contribution >= 4 is 12.3 Å². The number of carbonyl (C=O) groups excluding carboxylic acids is 2. The first-order valence-corrected chi connectivity index (χ1v) is 5.33. The third kappa shape index (κ3) is 4.29. The van der Waals surface area contributed by atoms with Crippen LogP contribution in [0.1, 0.15) is 13.8 Å². The van der Waals surface area contributed by atoms with E-state index >= 15 is 0 Å². The van der Waals surface area contributed by atoms with Crippen LogP contribution in [0.5, 0.6) is 0 Å². The standard InChI is InChI=1S/C10H19N3O2/c1-9(2)11-10(15)7-12-3-5-13(8-14)6-4-12/h8-9H,3-7H2,1-2H3,(H,11,15). The van der Waals surface area contributed by atoms with Gasteiger partial charge in [0, 0.05) is 32.2 Å². The summed E-state index contributed by atoms with van der Waals surface area (Å²) in [4.78, 5) is 25.7. The van der Waals surface area contributed by atoms with Crippen molar-refractivity contribution in [1.82, 2.24) is 15.1 Å². The summed E-state index contributed by atoms with van der Waals surface area (Å²) >= 11 is 0. The molecule has 0 saturated carbocycles. The van der Waals surface area contributed by atoms with Crippen molar-refractivity contribution in [3.05, 3.63) is 0 Å². The molecule has 0 aromatic rings. The van der Waals surface area contributed by atoms with E-state index in [9.17, 15) is 9.59 Å². The van der Waals surface area contributed by atoms with E-state index < -0.39 is 0 Å². The Morgan fingerprint density at radius 2 is 1.93 bits per heavy atom. The summed E-state index contributed by atoms with van der Waals surface area (Å²) in [5, 5.41) is 2.85. The molecular weight excluding hydrogens is 194 g/mol. The molecule has 1 rings (SSSR count). The van der Waals surface area contributed by atoms with Crippen molar-refractivity contribution in [3.8, 4) is 0 Å². The first-order valence-electron chi connectivity index (χ1n) is 5.33. The zero-order valence-corrected chi connectivity index (χ0v) is 9.40. The van der Waals surface area contributed by atoms with Crippen LogP contribution in [0.2, 0.25) is 0 Å². The average Bonchev–Trinajstić information content (AvgIpc) is 2.17. The normalized spacial score (nSPS) is 17.9. The quantitative estimate of drug-likeness (QED) is 0.627. The molecular formula is C10H19N3O2. The van der Waals surface area contributed by atoms with Crippen molar-refractivity contribution in [3.63, 3.8) is 0 Å². The summed E-state index contributed by atoms with van der Waals surface area (Å²) in [5.41, 5.74) is 0. The summed E-state index contributed by atoms with van der Waals surface area (Å²) < 4.78 is 0. The molecule has 5 nitrogen and oxygen atoms in total. The van der Waals surface area contributed by atoms with Crippen molar-refractivity contribution in [2.45, 2.75) is 19.9 Å². The van der Waals surface area contributed by atoms with Gasteiger partial charge in [-0.2, -0.15) is 0 Å². The van der Waals surface area contributed by atoms with Crippen LogP contribution in [-0.2, 0) is 9.59 Å². The van der Waals surface area contributed by atoms with Crippen LogP contribution >= 0.6 is 0 Å². The number of hydrogen-bond donors (Lipinski definition) is 1. The van der Waals surface area contributed by atoms with Crippen molar-refractivity contribution in [2.75, 3.05) is 32.7 Å². The Balaban J connectivity index is 2.23. The highest BCUT2D eigenvalue weighted by Crippen LogP contribution is 1.98. The van der Waals surface area contributed by atoms with Crippen LogP contribution in [0.25, 0.3) is 0 Å². The Hall–Kier alpha value is -1.10. The molecule has 1 saturated heterocycles. The monoisotopic (exact) mass is 213 g/mol. The number of amides is 2. The number of rotatable bonds is 4. The van der Waals surface area contributed by atoms with Crippen LogP contribution in [0.4, 0.5) is 0 Å². The van der Waals surface area contributed by atoms with Crippen molar-refractivity contribution in [2.24, 2.45) is 0 Å². The zero-order valence-electron chi connectivity index (χ0n) is 9.40. The van der Waals surface area contributed by atoms with E-state index in [4.69, 9.17) is 0 Å². The molecule has 86 valence electrons. The molecule has 1 N–H and O–H groups in total. The second-order valence-electron chi connectivity index (χ2n) is 4.14. The maximum atomic E-state index is 11.4. The fourth-order valence-corrected chi connectivity index (χ4v) is 1.60. The van der Waals surface area contributed by atoms with Crippen LogP contribution in [0.15, 0.2) is 0 Å². The molecule has 1 aliphatic heterocycles. The zero-order chi connectivity index (χ0) is 11.3. The van der Waals surface area contributed by atoms with Gasteiger partial charge in [-0.3, -0.25) is 14.5 Å². The Morgan fingerprint density at radius 3 is 2.40 bits per heavy atom. The fourth-order valence-electron chi connectivity index (χ4n) is 1.60. The lowest BCUT2D eigenvalue weighted by Crippen LogP contribution is -2.49. The van der Waals surface area contributed by atoms with Gasteiger partial charge in [-0.05, 0) is 13.8 Å². The summed E-state index contributed by atoms with van der Waals surface area (Å²) in [6.45, 7) is 7.33. The maximum absolute atomic E-state index is 11.4. The van der Waals surface area contributed by atoms with Gasteiger partial charge in [0.1, 0.15) is 0 Å². The second-order valence-corrected chi connectivity index (χ2v) is 4.14. The topological polar surface area (TPSA) is 52.7 Å². The minimum atomic E-state index is 0.0598. The first-order chi connectivity index (χ1) is 7.11. The minimum Gasteiger partial charge on any atom is -0.353 e. The lowest BCUT2D eigenvalue weighted by atomic mass is 10.3. The van der Waals surface area contributed by atoms with Crippen LogP contribution in [-0.4, -0.2) is 60.9 Å². The number of carbonyl (C=O) groups is 2. The summed E-state index contributed by atoms with van der Waals surface area (Å²) in [6.07, 6.45) is 0.867. The van der Waals surface area contributed by atoms with Gasteiger partial charge < -0.3 is 10.2 Å². The lowest BCUT2D eigenvalue weighted by Gasteiger charge is -2.32. The predicted octanol–water partition coefficient (Wildman–Crippen LogP) is -0.715.